The SMILES string of the molecule is Cc1cc(C)c(C)c(Oc2coc3cc(OC(C)(C)C(=O)O)ccc3c2=O)c1. The van der Waals surface area contributed by atoms with Crippen molar-refractivity contribution in [1.29, 1.82) is 0 Å². The lowest BCUT2D eigenvalue weighted by Gasteiger charge is -2.21. The molecule has 0 amide bonds. The molecule has 1 aromatic heterocycles. The minimum atomic E-state index is -1.41. The first-order valence-corrected chi connectivity index (χ1v) is 8.82. The summed E-state index contributed by atoms with van der Waals surface area (Å²) in [6.45, 7) is 8.76. The van der Waals surface area contributed by atoms with Gasteiger partial charge in [0.25, 0.3) is 0 Å². The van der Waals surface area contributed by atoms with Gasteiger partial charge in [-0.25, -0.2) is 4.79 Å². The summed E-state index contributed by atoms with van der Waals surface area (Å²) in [5, 5.41) is 9.50. The summed E-state index contributed by atoms with van der Waals surface area (Å²) < 4.78 is 16.9. The fourth-order valence-corrected chi connectivity index (χ4v) is 2.79. The molecule has 0 spiro atoms. The summed E-state index contributed by atoms with van der Waals surface area (Å²) in [4.78, 5) is 24.0. The summed E-state index contributed by atoms with van der Waals surface area (Å²) in [5.41, 5.74) is 1.62. The van der Waals surface area contributed by atoms with Crippen molar-refractivity contribution in [3.8, 4) is 17.2 Å². The molecule has 0 saturated carbocycles. The van der Waals surface area contributed by atoms with Crippen LogP contribution in [0.2, 0.25) is 0 Å². The third-order valence-corrected chi connectivity index (χ3v) is 4.59. The zero-order chi connectivity index (χ0) is 20.6. The Morgan fingerprint density at radius 1 is 1.07 bits per heavy atom. The Hall–Kier alpha value is -3.28. The molecule has 0 radical (unpaired) electrons. The van der Waals surface area contributed by atoms with Crippen LogP contribution in [-0.4, -0.2) is 16.7 Å². The second-order valence-electron chi connectivity index (χ2n) is 7.31. The number of aliphatic carboxylic acids is 1. The maximum atomic E-state index is 12.8. The predicted octanol–water partition coefficient (Wildman–Crippen LogP) is 4.75. The predicted molar refractivity (Wildman–Crippen MR) is 106 cm³/mol. The average Bonchev–Trinajstić information content (AvgIpc) is 2.61. The Morgan fingerprint density at radius 2 is 1.79 bits per heavy atom. The van der Waals surface area contributed by atoms with Gasteiger partial charge in [-0.15, -0.1) is 0 Å². The fraction of sp³-hybridized carbons (Fsp3) is 0.273. The van der Waals surface area contributed by atoms with Gasteiger partial charge >= 0.3 is 5.97 Å². The molecule has 0 bridgehead atoms. The molecule has 1 N–H and O–H groups in total. The number of hydrogen-bond donors (Lipinski definition) is 1. The zero-order valence-corrected chi connectivity index (χ0v) is 16.5. The lowest BCUT2D eigenvalue weighted by Crippen LogP contribution is -2.37. The minimum Gasteiger partial charge on any atom is -0.478 e. The molecule has 0 fully saturated rings. The Morgan fingerprint density at radius 3 is 2.46 bits per heavy atom. The highest BCUT2D eigenvalue weighted by Crippen LogP contribution is 2.29. The molecule has 0 unspecified atom stereocenters. The summed E-state index contributed by atoms with van der Waals surface area (Å²) >= 11 is 0. The van der Waals surface area contributed by atoms with Crippen molar-refractivity contribution in [2.24, 2.45) is 0 Å². The molecule has 0 saturated heterocycles. The maximum absolute atomic E-state index is 12.8. The molecule has 0 atom stereocenters. The zero-order valence-electron chi connectivity index (χ0n) is 16.5. The van der Waals surface area contributed by atoms with Gasteiger partial charge in [-0.1, -0.05) is 6.07 Å². The summed E-state index contributed by atoms with van der Waals surface area (Å²) in [6, 6.07) is 8.49. The van der Waals surface area contributed by atoms with Crippen LogP contribution < -0.4 is 14.9 Å². The van der Waals surface area contributed by atoms with Gasteiger partial charge in [0.2, 0.25) is 11.2 Å². The van der Waals surface area contributed by atoms with E-state index in [1.807, 2.05) is 32.9 Å². The molecule has 0 aliphatic rings. The van der Waals surface area contributed by atoms with Crippen molar-refractivity contribution in [2.45, 2.75) is 40.2 Å². The average molecular weight is 382 g/mol. The molecule has 2 aromatic carbocycles. The first-order chi connectivity index (χ1) is 13.1. The molecule has 3 rings (SSSR count). The number of hydrogen-bond acceptors (Lipinski definition) is 5. The van der Waals surface area contributed by atoms with Gasteiger partial charge in [-0.05, 0) is 69.5 Å². The van der Waals surface area contributed by atoms with Crippen molar-refractivity contribution in [3.05, 3.63) is 63.5 Å². The highest BCUT2D eigenvalue weighted by Gasteiger charge is 2.29. The van der Waals surface area contributed by atoms with Gasteiger partial charge in [-0.2, -0.15) is 0 Å². The second kappa shape index (κ2) is 7.03. The van der Waals surface area contributed by atoms with E-state index in [-0.39, 0.29) is 16.8 Å². The third kappa shape index (κ3) is 3.71. The number of carboxylic acids is 1. The molecule has 6 nitrogen and oxygen atoms in total. The normalized spacial score (nSPS) is 11.5. The topological polar surface area (TPSA) is 86.0 Å². The molecule has 0 aliphatic heterocycles. The van der Waals surface area contributed by atoms with E-state index in [4.69, 9.17) is 13.9 Å². The fourth-order valence-electron chi connectivity index (χ4n) is 2.79. The maximum Gasteiger partial charge on any atom is 0.347 e. The number of benzene rings is 2. The van der Waals surface area contributed by atoms with E-state index in [0.717, 1.165) is 16.7 Å². The molecule has 28 heavy (non-hydrogen) atoms. The highest BCUT2D eigenvalue weighted by atomic mass is 16.5. The number of fused-ring (bicyclic) bond motifs is 1. The quantitative estimate of drug-likeness (QED) is 0.685. The van der Waals surface area contributed by atoms with Gasteiger partial charge in [0.1, 0.15) is 23.3 Å². The number of aryl methyl sites for hydroxylation is 2. The molecule has 6 heteroatoms. The van der Waals surface area contributed by atoms with Crippen LogP contribution in [-0.2, 0) is 4.79 Å². The largest absolute Gasteiger partial charge is 0.478 e. The highest BCUT2D eigenvalue weighted by molar-refractivity contribution is 5.80. The van der Waals surface area contributed by atoms with Gasteiger partial charge < -0.3 is 19.0 Å². The molecular weight excluding hydrogens is 360 g/mol. The van der Waals surface area contributed by atoms with E-state index in [1.165, 1.54) is 38.3 Å². The van der Waals surface area contributed by atoms with Crippen LogP contribution in [0.25, 0.3) is 11.0 Å². The van der Waals surface area contributed by atoms with Gasteiger partial charge in [0.05, 0.1) is 5.39 Å². The first kappa shape index (κ1) is 19.5. The summed E-state index contributed by atoms with van der Waals surface area (Å²) in [5.74, 6) is -0.115. The molecule has 146 valence electrons. The lowest BCUT2D eigenvalue weighted by molar-refractivity contribution is -0.152. The van der Waals surface area contributed by atoms with Crippen molar-refractivity contribution in [3.63, 3.8) is 0 Å². The molecular formula is C22H22O6. The molecule has 0 aliphatic carbocycles. The van der Waals surface area contributed by atoms with Crippen LogP contribution in [0.4, 0.5) is 0 Å². The van der Waals surface area contributed by atoms with E-state index in [1.54, 1.807) is 0 Å². The first-order valence-electron chi connectivity index (χ1n) is 8.82. The van der Waals surface area contributed by atoms with Crippen molar-refractivity contribution in [1.82, 2.24) is 0 Å². The van der Waals surface area contributed by atoms with E-state index in [2.05, 4.69) is 0 Å². The van der Waals surface area contributed by atoms with Gasteiger partial charge in [0.15, 0.2) is 5.60 Å². The van der Waals surface area contributed by atoms with Gasteiger partial charge in [-0.3, -0.25) is 4.79 Å². The molecule has 3 aromatic rings. The van der Waals surface area contributed by atoms with Crippen LogP contribution in [0, 0.1) is 20.8 Å². The van der Waals surface area contributed by atoms with Crippen molar-refractivity contribution >= 4 is 16.9 Å². The second-order valence-corrected chi connectivity index (χ2v) is 7.31. The van der Waals surface area contributed by atoms with E-state index >= 15 is 0 Å². The van der Waals surface area contributed by atoms with Crippen LogP contribution >= 0.6 is 0 Å². The van der Waals surface area contributed by atoms with Crippen LogP contribution in [0.1, 0.15) is 30.5 Å². The smallest absolute Gasteiger partial charge is 0.347 e. The minimum absolute atomic E-state index is 0.0835. The number of rotatable bonds is 5. The monoisotopic (exact) mass is 382 g/mol. The Bertz CT molecular complexity index is 1120. The van der Waals surface area contributed by atoms with Crippen LogP contribution in [0.5, 0.6) is 17.2 Å². The summed E-state index contributed by atoms with van der Waals surface area (Å²) in [7, 11) is 0. The Labute approximate surface area is 162 Å². The van der Waals surface area contributed by atoms with Crippen LogP contribution in [0.3, 0.4) is 0 Å². The third-order valence-electron chi connectivity index (χ3n) is 4.59. The Balaban J connectivity index is 1.98. The summed E-state index contributed by atoms with van der Waals surface area (Å²) in [6.07, 6.45) is 1.26. The number of ether oxygens (including phenoxy) is 2. The molecule has 1 heterocycles. The van der Waals surface area contributed by atoms with E-state index < -0.39 is 11.6 Å². The van der Waals surface area contributed by atoms with Crippen LogP contribution in [0.15, 0.2) is 45.8 Å². The lowest BCUT2D eigenvalue weighted by atomic mass is 10.1. The van der Waals surface area contributed by atoms with E-state index in [9.17, 15) is 14.7 Å². The number of carboxylic acid groups (broad SMARTS) is 1. The van der Waals surface area contributed by atoms with Crippen molar-refractivity contribution in [2.75, 3.05) is 0 Å². The number of carbonyl (C=O) groups is 1. The van der Waals surface area contributed by atoms with Crippen molar-refractivity contribution < 1.29 is 23.8 Å². The van der Waals surface area contributed by atoms with E-state index in [0.29, 0.717) is 16.9 Å². The Kier molecular flexibility index (Phi) is 4.89. The standard InChI is InChI=1S/C22H22O6/c1-12-8-13(2)14(3)17(9-12)27-19-11-26-18-10-15(6-7-16(18)20(19)23)28-22(4,5)21(24)25/h6-11H,1-5H3,(H,24,25). The van der Waals surface area contributed by atoms with Gasteiger partial charge in [0, 0.05) is 6.07 Å².